The average molecular weight is 511 g/mol. The van der Waals surface area contributed by atoms with E-state index in [2.05, 4.69) is 13.2 Å². The van der Waals surface area contributed by atoms with E-state index in [1.807, 2.05) is 44.2 Å². The van der Waals surface area contributed by atoms with E-state index in [0.717, 1.165) is 6.42 Å². The highest BCUT2D eigenvalue weighted by Crippen LogP contribution is 2.60. The SMILES string of the molecule is C=CCCCOC(=O)[C@@H]1[C@H]2C(=O)N([C@H](CO)c3ccccc3)C(C(=O)N(CC=C)C(C)C)C23CC[C@H]1O3. The van der Waals surface area contributed by atoms with Crippen molar-refractivity contribution in [3.63, 3.8) is 0 Å². The Bertz CT molecular complexity index is 1030. The fourth-order valence-electron chi connectivity index (χ4n) is 6.35. The highest BCUT2D eigenvalue weighted by atomic mass is 16.6. The minimum Gasteiger partial charge on any atom is -0.465 e. The fraction of sp³-hybridized carbons (Fsp3) is 0.552. The van der Waals surface area contributed by atoms with Gasteiger partial charge in [0.2, 0.25) is 11.8 Å². The predicted molar refractivity (Wildman–Crippen MR) is 138 cm³/mol. The van der Waals surface area contributed by atoms with Crippen molar-refractivity contribution < 1.29 is 29.0 Å². The fourth-order valence-corrected chi connectivity index (χ4v) is 6.35. The van der Waals surface area contributed by atoms with E-state index in [1.165, 1.54) is 4.90 Å². The molecule has 3 aliphatic rings. The summed E-state index contributed by atoms with van der Waals surface area (Å²) < 4.78 is 12.0. The molecule has 3 fully saturated rings. The lowest BCUT2D eigenvalue weighted by atomic mass is 9.70. The first-order valence-corrected chi connectivity index (χ1v) is 13.2. The van der Waals surface area contributed by atoms with Crippen LogP contribution < -0.4 is 0 Å². The summed E-state index contributed by atoms with van der Waals surface area (Å²) in [5.74, 6) is -2.71. The van der Waals surface area contributed by atoms with E-state index in [-0.39, 0.29) is 31.1 Å². The van der Waals surface area contributed by atoms with Crippen LogP contribution in [-0.4, -0.2) is 76.2 Å². The van der Waals surface area contributed by atoms with Crippen LogP contribution in [-0.2, 0) is 23.9 Å². The van der Waals surface area contributed by atoms with Crippen molar-refractivity contribution in [2.45, 2.75) is 69.4 Å². The number of nitrogens with zero attached hydrogens (tertiary/aromatic N) is 2. The van der Waals surface area contributed by atoms with Gasteiger partial charge in [0.25, 0.3) is 0 Å². The van der Waals surface area contributed by atoms with Crippen molar-refractivity contribution in [3.8, 4) is 0 Å². The molecule has 2 amide bonds. The van der Waals surface area contributed by atoms with Crippen molar-refractivity contribution in [2.75, 3.05) is 19.8 Å². The van der Waals surface area contributed by atoms with Crippen LogP contribution in [0.2, 0.25) is 0 Å². The summed E-state index contributed by atoms with van der Waals surface area (Å²) in [6.07, 6.45) is 5.36. The molecule has 0 radical (unpaired) electrons. The van der Waals surface area contributed by atoms with Crippen molar-refractivity contribution in [1.82, 2.24) is 9.80 Å². The molecule has 0 aromatic heterocycles. The molecule has 37 heavy (non-hydrogen) atoms. The summed E-state index contributed by atoms with van der Waals surface area (Å²) in [6, 6.07) is 7.29. The molecule has 4 rings (SSSR count). The minimum atomic E-state index is -1.15. The number of hydrogen-bond acceptors (Lipinski definition) is 6. The average Bonchev–Trinajstić information content (AvgIpc) is 3.53. The number of likely N-dealkylation sites (tertiary alicyclic amines) is 1. The Kier molecular flexibility index (Phi) is 8.19. The van der Waals surface area contributed by atoms with Gasteiger partial charge in [0, 0.05) is 12.6 Å². The smallest absolute Gasteiger partial charge is 0.312 e. The topological polar surface area (TPSA) is 96.4 Å². The van der Waals surface area contributed by atoms with Crippen LogP contribution in [0.5, 0.6) is 0 Å². The molecule has 2 unspecified atom stereocenters. The maximum absolute atomic E-state index is 14.2. The van der Waals surface area contributed by atoms with Gasteiger partial charge in [-0.2, -0.15) is 0 Å². The van der Waals surface area contributed by atoms with Crippen LogP contribution >= 0.6 is 0 Å². The van der Waals surface area contributed by atoms with Gasteiger partial charge in [0.15, 0.2) is 0 Å². The highest BCUT2D eigenvalue weighted by molar-refractivity contribution is 5.98. The van der Waals surface area contributed by atoms with Gasteiger partial charge in [-0.25, -0.2) is 0 Å². The monoisotopic (exact) mass is 510 g/mol. The molecule has 3 heterocycles. The van der Waals surface area contributed by atoms with Crippen molar-refractivity contribution >= 4 is 17.8 Å². The number of benzene rings is 1. The molecule has 8 nitrogen and oxygen atoms in total. The zero-order valence-electron chi connectivity index (χ0n) is 21.8. The maximum Gasteiger partial charge on any atom is 0.312 e. The molecule has 1 aromatic rings. The third-order valence-electron chi connectivity index (χ3n) is 7.97. The van der Waals surface area contributed by atoms with Gasteiger partial charge < -0.3 is 24.4 Å². The summed E-state index contributed by atoms with van der Waals surface area (Å²) in [7, 11) is 0. The molecule has 1 spiro atoms. The Hall–Kier alpha value is -2.97. The molecule has 1 aromatic carbocycles. The van der Waals surface area contributed by atoms with Crippen LogP contribution in [0.25, 0.3) is 0 Å². The summed E-state index contributed by atoms with van der Waals surface area (Å²) in [5.41, 5.74) is -0.439. The quantitative estimate of drug-likeness (QED) is 0.264. The lowest BCUT2D eigenvalue weighted by molar-refractivity contribution is -0.157. The maximum atomic E-state index is 14.2. The summed E-state index contributed by atoms with van der Waals surface area (Å²) in [4.78, 5) is 44.9. The molecule has 1 N–H and O–H groups in total. The molecule has 3 aliphatic heterocycles. The van der Waals surface area contributed by atoms with Crippen LogP contribution in [0.15, 0.2) is 55.6 Å². The molecule has 6 atom stereocenters. The highest BCUT2D eigenvalue weighted by Gasteiger charge is 2.75. The molecule has 200 valence electrons. The first-order chi connectivity index (χ1) is 17.8. The minimum absolute atomic E-state index is 0.147. The second-order valence-corrected chi connectivity index (χ2v) is 10.4. The van der Waals surface area contributed by atoms with Gasteiger partial charge in [-0.3, -0.25) is 14.4 Å². The van der Waals surface area contributed by atoms with Crippen molar-refractivity contribution in [1.29, 1.82) is 0 Å². The van der Waals surface area contributed by atoms with Crippen LogP contribution in [0, 0.1) is 11.8 Å². The Morgan fingerprint density at radius 3 is 2.62 bits per heavy atom. The van der Waals surface area contributed by atoms with Gasteiger partial charge >= 0.3 is 5.97 Å². The normalized spacial score (nSPS) is 28.8. The second kappa shape index (κ2) is 11.2. The van der Waals surface area contributed by atoms with Crippen molar-refractivity contribution in [3.05, 3.63) is 61.2 Å². The number of rotatable bonds is 12. The molecule has 0 aliphatic carbocycles. The summed E-state index contributed by atoms with van der Waals surface area (Å²) in [5, 5.41) is 10.5. The van der Waals surface area contributed by atoms with Gasteiger partial charge in [0.05, 0.1) is 37.2 Å². The van der Waals surface area contributed by atoms with E-state index < -0.39 is 41.6 Å². The largest absolute Gasteiger partial charge is 0.465 e. The predicted octanol–water partition coefficient (Wildman–Crippen LogP) is 3.03. The molecular formula is C29H38N2O6. The first-order valence-electron chi connectivity index (χ1n) is 13.2. The Balaban J connectivity index is 1.76. The molecule has 8 heteroatoms. The van der Waals surface area contributed by atoms with Gasteiger partial charge in [-0.15, -0.1) is 13.2 Å². The second-order valence-electron chi connectivity index (χ2n) is 10.4. The van der Waals surface area contributed by atoms with E-state index in [9.17, 15) is 19.5 Å². The summed E-state index contributed by atoms with van der Waals surface area (Å²) >= 11 is 0. The zero-order valence-corrected chi connectivity index (χ0v) is 21.8. The number of aliphatic hydroxyl groups is 1. The third-order valence-corrected chi connectivity index (χ3v) is 7.97. The third kappa shape index (κ3) is 4.61. The van der Waals surface area contributed by atoms with E-state index in [0.29, 0.717) is 31.4 Å². The zero-order chi connectivity index (χ0) is 26.7. The van der Waals surface area contributed by atoms with Crippen LogP contribution in [0.3, 0.4) is 0 Å². The number of ether oxygens (including phenoxy) is 2. The number of carbonyl (C=O) groups excluding carboxylic acids is 3. The first kappa shape index (κ1) is 27.1. The van der Waals surface area contributed by atoms with Gasteiger partial charge in [0.1, 0.15) is 11.6 Å². The Morgan fingerprint density at radius 1 is 1.27 bits per heavy atom. The number of amides is 2. The number of esters is 1. The van der Waals surface area contributed by atoms with E-state index >= 15 is 0 Å². The number of fused-ring (bicyclic) bond motifs is 1. The summed E-state index contributed by atoms with van der Waals surface area (Å²) in [6.45, 7) is 11.5. The molecule has 0 saturated carbocycles. The molecular weight excluding hydrogens is 472 g/mol. The lowest BCUT2D eigenvalue weighted by Crippen LogP contribution is -2.58. The number of carbonyl (C=O) groups is 3. The van der Waals surface area contributed by atoms with Crippen LogP contribution in [0.4, 0.5) is 0 Å². The van der Waals surface area contributed by atoms with E-state index in [1.54, 1.807) is 17.1 Å². The standard InChI is InChI=1S/C29H38N2O6/c1-5-7-11-17-36-28(35)23-22-14-15-29(37-22)24(23)26(33)31(21(18-32)20-12-9-8-10-13-20)25(29)27(34)30(16-6-2)19(3)4/h5-6,8-10,12-13,19,21-25,32H,1-2,7,11,14-18H2,3-4H3/t21-,22-,23+,24+,25?,29?/m1/s1. The number of aliphatic hydroxyl groups excluding tert-OH is 1. The number of unbranched alkanes of at least 4 members (excludes halogenated alkanes) is 1. The van der Waals surface area contributed by atoms with E-state index in [4.69, 9.17) is 9.47 Å². The lowest BCUT2D eigenvalue weighted by Gasteiger charge is -2.40. The number of allylic oxidation sites excluding steroid dienone is 1. The van der Waals surface area contributed by atoms with Crippen LogP contribution in [0.1, 0.15) is 51.1 Å². The molecule has 2 bridgehead atoms. The van der Waals surface area contributed by atoms with Gasteiger partial charge in [-0.1, -0.05) is 42.5 Å². The number of hydrogen-bond donors (Lipinski definition) is 1. The Morgan fingerprint density at radius 2 is 2.00 bits per heavy atom. The van der Waals surface area contributed by atoms with Crippen molar-refractivity contribution in [2.24, 2.45) is 11.8 Å². The van der Waals surface area contributed by atoms with Gasteiger partial charge in [-0.05, 0) is 45.1 Å². The Labute approximate surface area is 218 Å². The molecule has 3 saturated heterocycles.